The number of aliphatic hydroxyl groups excluding tert-OH is 3. The van der Waals surface area contributed by atoms with Crippen molar-refractivity contribution in [3.05, 3.63) is 19.8 Å². The van der Waals surface area contributed by atoms with Crippen LogP contribution in [0.15, 0.2) is 16.2 Å². The third kappa shape index (κ3) is 8.08. The Labute approximate surface area is 212 Å². The van der Waals surface area contributed by atoms with Crippen molar-refractivity contribution in [2.24, 2.45) is 0 Å². The van der Waals surface area contributed by atoms with Gasteiger partial charge in [-0.2, -0.15) is 0 Å². The predicted octanol–water partition coefficient (Wildman–Crippen LogP) is -5.94. The Balaban J connectivity index is 0.00000480. The summed E-state index contributed by atoms with van der Waals surface area (Å²) in [5.74, 6) is -5.54. The van der Waals surface area contributed by atoms with E-state index < -0.39 is 54.5 Å². The van der Waals surface area contributed by atoms with Crippen LogP contribution in [-0.4, -0.2) is 107 Å². The molecule has 0 aliphatic carbocycles. The monoisotopic (exact) mass is 568 g/mol. The van der Waals surface area contributed by atoms with E-state index >= 15 is 0 Å². The van der Waals surface area contributed by atoms with Gasteiger partial charge < -0.3 is 6.53 Å². The number of aryl methyl sites for hydroxylation is 1. The normalized spacial score (nSPS) is 27.5. The van der Waals surface area contributed by atoms with Crippen molar-refractivity contribution in [2.75, 3.05) is 6.54 Å². The maximum absolute atomic E-state index is 12.0. The molecule has 170 valence electrons. The van der Waals surface area contributed by atoms with Crippen molar-refractivity contribution in [3.8, 4) is 0 Å². The van der Waals surface area contributed by atoms with E-state index in [9.17, 15) is 34.8 Å². The molecule has 2 rings (SSSR count). The van der Waals surface area contributed by atoms with Gasteiger partial charge in [0.1, 0.15) is 0 Å². The van der Waals surface area contributed by atoms with Crippen molar-refractivity contribution >= 4 is 38.2 Å². The topological polar surface area (TPSA) is 186 Å². The van der Waals surface area contributed by atoms with Gasteiger partial charge in [-0.1, -0.05) is 0 Å². The predicted molar refractivity (Wildman–Crippen MR) is 104 cm³/mol. The number of amides is 2. The van der Waals surface area contributed by atoms with Crippen molar-refractivity contribution in [1.82, 2.24) is 10.6 Å². The molecule has 1 aliphatic rings. The summed E-state index contributed by atoms with van der Waals surface area (Å²) in [5.41, 5.74) is 0. The zero-order valence-corrected chi connectivity index (χ0v) is 21.6. The second kappa shape index (κ2) is 12.6. The SMILES string of the molecule is CC(=O)N[C@H]1[C@H]([C@H](O)[C@H](O)CNC(=O)CCc2ccc[te]2)OC(O)(C(=O)O)C[C@@H]1O.[H-].[Na+]. The van der Waals surface area contributed by atoms with Crippen LogP contribution in [0.1, 0.15) is 24.8 Å². The zero-order valence-electron chi connectivity index (χ0n) is 18.2. The first-order valence-electron chi connectivity index (χ1n) is 9.27. The van der Waals surface area contributed by atoms with Crippen LogP contribution in [0, 0.1) is 0 Å². The molecule has 11 nitrogen and oxygen atoms in total. The summed E-state index contributed by atoms with van der Waals surface area (Å²) in [4.78, 5) is 34.7. The Morgan fingerprint density at radius 3 is 2.61 bits per heavy atom. The van der Waals surface area contributed by atoms with Gasteiger partial charge in [-0.15, -0.1) is 0 Å². The maximum atomic E-state index is 12.0. The number of carbonyl (C=O) groups excluding carboxylic acids is 2. The molecule has 1 aromatic heterocycles. The standard InChI is InChI=1S/C18H26N2O9Te.Na.H/c1-9(21)20-14-11(22)7-18(28,17(26)27)29-16(14)15(25)12(23)8-19-13(24)5-4-10-3-2-6-30-10;;/h2-3,6,11-12,14-16,22-23,25,28H,4-5,7-8H2,1H3,(H,19,24)(H,20,21)(H,26,27);;/q;+1;-1/t11-,12+,14+,15+,16+,18?;;/m0../s1. The van der Waals surface area contributed by atoms with Gasteiger partial charge in [0.25, 0.3) is 0 Å². The number of aliphatic hydroxyl groups is 4. The quantitative estimate of drug-likeness (QED) is 0.143. The Bertz CT molecular complexity index is 757. The van der Waals surface area contributed by atoms with Crippen molar-refractivity contribution in [2.45, 2.75) is 62.4 Å². The Morgan fingerprint density at radius 2 is 2.06 bits per heavy atom. The summed E-state index contributed by atoms with van der Waals surface area (Å²) < 4.78 is 8.40. The van der Waals surface area contributed by atoms with E-state index in [0.717, 1.165) is 6.92 Å². The molecule has 1 unspecified atom stereocenters. The number of ether oxygens (including phenoxy) is 1. The van der Waals surface area contributed by atoms with Gasteiger partial charge >= 0.3 is 190 Å². The van der Waals surface area contributed by atoms with E-state index in [2.05, 4.69) is 14.7 Å². The Morgan fingerprint density at radius 1 is 1.39 bits per heavy atom. The summed E-state index contributed by atoms with van der Waals surface area (Å²) in [7, 11) is 0. The average Bonchev–Trinajstić information content (AvgIpc) is 3.19. The smallest absolute Gasteiger partial charge is 1.00 e. The van der Waals surface area contributed by atoms with Crippen molar-refractivity contribution in [3.63, 3.8) is 0 Å². The summed E-state index contributed by atoms with van der Waals surface area (Å²) in [6.45, 7) is 0.769. The summed E-state index contributed by atoms with van der Waals surface area (Å²) in [6.07, 6.45) is -6.58. The van der Waals surface area contributed by atoms with E-state index in [1.54, 1.807) is 0 Å². The number of carboxylic acids is 1. The molecule has 1 aromatic rings. The van der Waals surface area contributed by atoms with E-state index in [0.29, 0.717) is 6.42 Å². The summed E-state index contributed by atoms with van der Waals surface area (Å²) in [6, 6.07) is 2.65. The molecule has 1 saturated heterocycles. The fourth-order valence-corrected chi connectivity index (χ4v) is 5.17. The number of hydrogen-bond acceptors (Lipinski definition) is 8. The summed E-state index contributed by atoms with van der Waals surface area (Å²) in [5, 5.41) is 55.0. The molecule has 2 heterocycles. The van der Waals surface area contributed by atoms with Gasteiger partial charge in [-0.05, 0) is 0 Å². The van der Waals surface area contributed by atoms with E-state index in [1.807, 2.05) is 12.1 Å². The van der Waals surface area contributed by atoms with Gasteiger partial charge in [-0.25, -0.2) is 4.79 Å². The van der Waals surface area contributed by atoms with Crippen LogP contribution in [0.5, 0.6) is 0 Å². The molecule has 0 bridgehead atoms. The van der Waals surface area contributed by atoms with Crippen LogP contribution < -0.4 is 40.2 Å². The van der Waals surface area contributed by atoms with Crippen LogP contribution >= 0.6 is 0 Å². The van der Waals surface area contributed by atoms with E-state index in [1.165, 1.54) is 3.58 Å². The average molecular weight is 566 g/mol. The second-order valence-electron chi connectivity index (χ2n) is 7.11. The molecule has 1 aliphatic heterocycles. The molecule has 0 spiro atoms. The minimum Gasteiger partial charge on any atom is -1.00 e. The number of aliphatic carboxylic acids is 1. The molecule has 13 heteroatoms. The fourth-order valence-electron chi connectivity index (χ4n) is 3.15. The third-order valence-corrected chi connectivity index (χ3v) is 7.38. The minimum absolute atomic E-state index is 0. The van der Waals surface area contributed by atoms with Gasteiger partial charge in [-0.3, -0.25) is 4.79 Å². The molecule has 0 saturated carbocycles. The first-order valence-corrected chi connectivity index (χ1v) is 11.8. The van der Waals surface area contributed by atoms with Gasteiger partial charge in [0.05, 0.1) is 0 Å². The first-order chi connectivity index (χ1) is 14.0. The first kappa shape index (κ1) is 28.5. The molecular formula is C18H27N2NaO9Te. The molecule has 6 atom stereocenters. The number of hydrogen-bond donors (Lipinski definition) is 7. The van der Waals surface area contributed by atoms with Crippen LogP contribution in [0.4, 0.5) is 0 Å². The van der Waals surface area contributed by atoms with Crippen LogP contribution in [0.3, 0.4) is 0 Å². The second-order valence-corrected chi connectivity index (χ2v) is 10.1. The Kier molecular flexibility index (Phi) is 11.6. The number of nitrogens with one attached hydrogen (secondary N) is 2. The zero-order chi connectivity index (χ0) is 22.5. The third-order valence-electron chi connectivity index (χ3n) is 4.71. The molecule has 7 N–H and O–H groups in total. The number of carboxylic acid groups (broad SMARTS) is 1. The summed E-state index contributed by atoms with van der Waals surface area (Å²) >= 11 is -0.338. The van der Waals surface area contributed by atoms with Crippen molar-refractivity contribution < 1.29 is 75.6 Å². The molecule has 1 fully saturated rings. The molecule has 0 radical (unpaired) electrons. The van der Waals surface area contributed by atoms with Crippen molar-refractivity contribution in [1.29, 1.82) is 0 Å². The Hall–Kier alpha value is -0.520. The molecule has 31 heavy (non-hydrogen) atoms. The van der Waals surface area contributed by atoms with E-state index in [4.69, 9.17) is 9.84 Å². The van der Waals surface area contributed by atoms with Gasteiger partial charge in [0.15, 0.2) is 0 Å². The van der Waals surface area contributed by atoms with Gasteiger partial charge in [0.2, 0.25) is 0 Å². The van der Waals surface area contributed by atoms with Crippen LogP contribution in [-0.2, 0) is 25.5 Å². The van der Waals surface area contributed by atoms with Crippen LogP contribution in [0.2, 0.25) is 0 Å². The minimum atomic E-state index is -2.81. The number of carbonyl (C=O) groups is 3. The molecule has 2 amide bonds. The van der Waals surface area contributed by atoms with Gasteiger partial charge in [0, 0.05) is 6.92 Å². The fraction of sp³-hybridized carbons (Fsp3) is 0.611. The van der Waals surface area contributed by atoms with Crippen LogP contribution in [0.25, 0.3) is 0 Å². The van der Waals surface area contributed by atoms with E-state index in [-0.39, 0.29) is 70.3 Å². The molecule has 0 aromatic carbocycles. The molecular weight excluding hydrogens is 539 g/mol. The number of rotatable bonds is 9.